The van der Waals surface area contributed by atoms with Crippen LogP contribution in [-0.2, 0) is 9.53 Å². The minimum Gasteiger partial charge on any atom is -0.460 e. The van der Waals surface area contributed by atoms with Crippen LogP contribution in [0.4, 0.5) is 10.5 Å². The zero-order valence-electron chi connectivity index (χ0n) is 22.2. The Kier molecular flexibility index (Phi) is 7.37. The highest BCUT2D eigenvalue weighted by atomic mass is 16.6. The smallest absolute Gasteiger partial charge is 0.408 e. The van der Waals surface area contributed by atoms with Gasteiger partial charge in [-0.1, -0.05) is 36.4 Å². The van der Waals surface area contributed by atoms with Gasteiger partial charge in [-0.15, -0.1) is 0 Å². The van der Waals surface area contributed by atoms with Crippen LogP contribution in [-0.4, -0.2) is 29.9 Å². The third-order valence-electron chi connectivity index (χ3n) is 6.10. The summed E-state index contributed by atoms with van der Waals surface area (Å²) in [4.78, 5) is 43.3. The molecular weight excluding hydrogens is 512 g/mol. The first-order valence-electron chi connectivity index (χ1n) is 12.8. The maximum Gasteiger partial charge on any atom is 0.408 e. The Balaban J connectivity index is 1.35. The average molecular weight is 541 g/mol. The van der Waals surface area contributed by atoms with Crippen molar-refractivity contribution in [3.05, 3.63) is 94.8 Å². The maximum absolute atomic E-state index is 13.3. The van der Waals surface area contributed by atoms with Crippen LogP contribution in [0.15, 0.2) is 93.3 Å². The van der Waals surface area contributed by atoms with E-state index in [2.05, 4.69) is 10.3 Å². The summed E-state index contributed by atoms with van der Waals surface area (Å²) < 4.78 is 22.3. The topological polar surface area (TPSA) is 116 Å². The average Bonchev–Trinajstić information content (AvgIpc) is 3.32. The second-order valence-electron chi connectivity index (χ2n) is 10.3. The number of esters is 1. The third kappa shape index (κ3) is 6.20. The predicted molar refractivity (Wildman–Crippen MR) is 150 cm³/mol. The van der Waals surface area contributed by atoms with Crippen LogP contribution in [0.25, 0.3) is 11.0 Å². The standard InChI is InChI=1S/C31H28N2O7/c1-31(2,3)40-30(36)33-25(15-19-17-32-24-12-8-7-11-22(19)24)29(35)39-21-13-14-23-26(16-21)37-18-27(28(23)34)38-20-9-5-4-6-10-20/h4-14,16-19,25H,15H2,1-3H3,(H,33,36)/t19-,25-/m0/s1. The molecule has 2 heterocycles. The van der Waals surface area contributed by atoms with E-state index in [1.807, 2.05) is 30.3 Å². The number of nitrogens with one attached hydrogen (secondary N) is 1. The van der Waals surface area contributed by atoms with Crippen molar-refractivity contribution in [3.63, 3.8) is 0 Å². The highest BCUT2D eigenvalue weighted by Gasteiger charge is 2.31. The lowest BCUT2D eigenvalue weighted by Crippen LogP contribution is -2.46. The molecule has 9 nitrogen and oxygen atoms in total. The summed E-state index contributed by atoms with van der Waals surface area (Å²) in [5, 5.41) is 2.90. The molecule has 0 fully saturated rings. The second-order valence-corrected chi connectivity index (χ2v) is 10.3. The molecule has 0 saturated carbocycles. The molecule has 0 spiro atoms. The molecule has 9 heteroatoms. The van der Waals surface area contributed by atoms with Crippen LogP contribution in [0.2, 0.25) is 0 Å². The van der Waals surface area contributed by atoms with Gasteiger partial charge in [0, 0.05) is 18.2 Å². The molecule has 0 aliphatic carbocycles. The van der Waals surface area contributed by atoms with Gasteiger partial charge in [0.2, 0.25) is 11.2 Å². The van der Waals surface area contributed by atoms with Gasteiger partial charge in [-0.3, -0.25) is 9.79 Å². The monoisotopic (exact) mass is 540 g/mol. The first-order chi connectivity index (χ1) is 19.2. The summed E-state index contributed by atoms with van der Waals surface area (Å²) in [6, 6.07) is 19.9. The van der Waals surface area contributed by atoms with Gasteiger partial charge in [0.05, 0.1) is 11.1 Å². The zero-order chi connectivity index (χ0) is 28.3. The van der Waals surface area contributed by atoms with E-state index in [-0.39, 0.29) is 40.2 Å². The Hall–Kier alpha value is -4.92. The lowest BCUT2D eigenvalue weighted by Gasteiger charge is -2.24. The molecule has 2 atom stereocenters. The van der Waals surface area contributed by atoms with E-state index in [4.69, 9.17) is 18.6 Å². The molecule has 1 aliphatic rings. The molecule has 204 valence electrons. The number of aliphatic imine (C=N–C) groups is 1. The van der Waals surface area contributed by atoms with Gasteiger partial charge in [0.25, 0.3) is 0 Å². The van der Waals surface area contributed by atoms with Crippen molar-refractivity contribution in [2.75, 3.05) is 0 Å². The predicted octanol–water partition coefficient (Wildman–Crippen LogP) is 6.27. The quantitative estimate of drug-likeness (QED) is 0.217. The fourth-order valence-electron chi connectivity index (χ4n) is 4.30. The Labute approximate surface area is 230 Å². The number of benzene rings is 3. The number of rotatable bonds is 7. The molecule has 0 bridgehead atoms. The van der Waals surface area contributed by atoms with Crippen LogP contribution in [0.1, 0.15) is 38.7 Å². The number of para-hydroxylation sites is 2. The Morgan fingerprint density at radius 2 is 1.75 bits per heavy atom. The Morgan fingerprint density at radius 1 is 1.00 bits per heavy atom. The number of carbonyl (C=O) groups excluding carboxylic acids is 2. The molecular formula is C31H28N2O7. The highest BCUT2D eigenvalue weighted by Crippen LogP contribution is 2.34. The number of hydrogen-bond donors (Lipinski definition) is 1. The van der Waals surface area contributed by atoms with Crippen molar-refractivity contribution in [1.29, 1.82) is 0 Å². The maximum atomic E-state index is 13.3. The van der Waals surface area contributed by atoms with E-state index in [1.54, 1.807) is 51.3 Å². The van der Waals surface area contributed by atoms with Gasteiger partial charge < -0.3 is 23.9 Å². The summed E-state index contributed by atoms with van der Waals surface area (Å²) in [5.41, 5.74) is 0.860. The van der Waals surface area contributed by atoms with Crippen LogP contribution in [0.5, 0.6) is 17.2 Å². The number of ether oxygens (including phenoxy) is 3. The van der Waals surface area contributed by atoms with Crippen molar-refractivity contribution < 1.29 is 28.2 Å². The number of amides is 1. The van der Waals surface area contributed by atoms with E-state index < -0.39 is 23.7 Å². The molecule has 1 aromatic heterocycles. The molecule has 1 aliphatic heterocycles. The Bertz CT molecular complexity index is 1640. The summed E-state index contributed by atoms with van der Waals surface area (Å²) in [5.74, 6) is -0.230. The van der Waals surface area contributed by atoms with Crippen molar-refractivity contribution >= 4 is 34.9 Å². The number of carbonyl (C=O) groups is 2. The number of hydrogen-bond acceptors (Lipinski definition) is 8. The first kappa shape index (κ1) is 26.7. The largest absolute Gasteiger partial charge is 0.460 e. The molecule has 4 aromatic rings. The van der Waals surface area contributed by atoms with E-state index in [1.165, 1.54) is 24.5 Å². The summed E-state index contributed by atoms with van der Waals surface area (Å²) >= 11 is 0. The summed E-state index contributed by atoms with van der Waals surface area (Å²) in [6.45, 7) is 5.21. The van der Waals surface area contributed by atoms with Crippen molar-refractivity contribution in [2.24, 2.45) is 4.99 Å². The van der Waals surface area contributed by atoms with E-state index in [0.29, 0.717) is 5.75 Å². The van der Waals surface area contributed by atoms with Gasteiger partial charge in [-0.05, 0) is 63.1 Å². The van der Waals surface area contributed by atoms with Crippen LogP contribution in [0.3, 0.4) is 0 Å². The molecule has 1 amide bonds. The molecule has 0 unspecified atom stereocenters. The minimum absolute atomic E-state index is 0.0311. The van der Waals surface area contributed by atoms with Crippen molar-refractivity contribution in [2.45, 2.75) is 44.8 Å². The van der Waals surface area contributed by atoms with Gasteiger partial charge in [-0.25, -0.2) is 9.59 Å². The fraction of sp³-hybridized carbons (Fsp3) is 0.226. The fourth-order valence-corrected chi connectivity index (χ4v) is 4.30. The number of alkyl carbamates (subject to hydrolysis) is 1. The number of nitrogens with zero attached hydrogens (tertiary/aromatic N) is 1. The third-order valence-corrected chi connectivity index (χ3v) is 6.10. The van der Waals surface area contributed by atoms with Crippen LogP contribution in [0, 0.1) is 0 Å². The van der Waals surface area contributed by atoms with Gasteiger partial charge in [-0.2, -0.15) is 0 Å². The molecule has 5 rings (SSSR count). The Morgan fingerprint density at radius 3 is 2.52 bits per heavy atom. The molecule has 1 N–H and O–H groups in total. The van der Waals surface area contributed by atoms with Crippen LogP contribution >= 0.6 is 0 Å². The van der Waals surface area contributed by atoms with E-state index in [0.717, 1.165) is 11.3 Å². The van der Waals surface area contributed by atoms with Crippen LogP contribution < -0.4 is 20.2 Å². The molecule has 0 saturated heterocycles. The summed E-state index contributed by atoms with van der Waals surface area (Å²) in [7, 11) is 0. The van der Waals surface area contributed by atoms with E-state index in [9.17, 15) is 14.4 Å². The molecule has 40 heavy (non-hydrogen) atoms. The van der Waals surface area contributed by atoms with E-state index >= 15 is 0 Å². The SMILES string of the molecule is CC(C)(C)OC(=O)N[C@@H](C[C@H]1C=Nc2ccccc21)C(=O)Oc1ccc2c(=O)c(Oc3ccccc3)coc2c1. The zero-order valence-corrected chi connectivity index (χ0v) is 22.2. The van der Waals surface area contributed by atoms with Crippen molar-refractivity contribution in [3.8, 4) is 17.2 Å². The summed E-state index contributed by atoms with van der Waals surface area (Å²) in [6.07, 6.45) is 2.43. The van der Waals surface area contributed by atoms with Gasteiger partial charge in [0.1, 0.15) is 35.0 Å². The minimum atomic E-state index is -1.04. The molecule has 0 radical (unpaired) electrons. The van der Waals surface area contributed by atoms with Crippen molar-refractivity contribution in [1.82, 2.24) is 5.32 Å². The lowest BCUT2D eigenvalue weighted by atomic mass is 9.94. The molecule has 3 aromatic carbocycles. The van der Waals surface area contributed by atoms with Gasteiger partial charge >= 0.3 is 12.1 Å². The first-order valence-corrected chi connectivity index (χ1v) is 12.8. The van der Waals surface area contributed by atoms with Gasteiger partial charge in [0.15, 0.2) is 0 Å². The highest BCUT2D eigenvalue weighted by molar-refractivity contribution is 5.87. The number of fused-ring (bicyclic) bond motifs is 2. The normalized spacial score (nSPS) is 14.8. The second kappa shape index (κ2) is 11.1. The lowest BCUT2D eigenvalue weighted by molar-refractivity contribution is -0.137.